The first-order valence-electron chi connectivity index (χ1n) is 3.73. The minimum atomic E-state index is 0. The Balaban J connectivity index is 0.000000215. The van der Waals surface area contributed by atoms with Crippen molar-refractivity contribution in [1.29, 1.82) is 0 Å². The smallest absolute Gasteiger partial charge is 0.180 e. The van der Waals surface area contributed by atoms with Gasteiger partial charge in [-0.15, -0.1) is 0 Å². The van der Waals surface area contributed by atoms with Gasteiger partial charge in [0.25, 0.3) is 0 Å². The standard InChI is InChI=1S/C7H8.C3H3NO.BH3/c1-7-5-3-2-4-6-7;1-2-5-3-4-1;/h2-6H,1H3;1-3H;1H3. The maximum atomic E-state index is 4.47. The lowest BCUT2D eigenvalue weighted by molar-refractivity contribution is 0.558. The van der Waals surface area contributed by atoms with E-state index >= 15 is 0 Å². The molecular formula is C10H14BNO. The summed E-state index contributed by atoms with van der Waals surface area (Å²) in [6.07, 6.45) is 4.47. The average Bonchev–Trinajstić information content (AvgIpc) is 2.62. The van der Waals surface area contributed by atoms with Gasteiger partial charge in [0, 0.05) is 0 Å². The van der Waals surface area contributed by atoms with E-state index in [4.69, 9.17) is 0 Å². The van der Waals surface area contributed by atoms with Gasteiger partial charge in [-0.3, -0.25) is 0 Å². The fourth-order valence-corrected chi connectivity index (χ4v) is 0.710. The largest absolute Gasteiger partial charge is 0.452 e. The van der Waals surface area contributed by atoms with E-state index in [1.807, 2.05) is 18.2 Å². The summed E-state index contributed by atoms with van der Waals surface area (Å²) in [6.45, 7) is 2.08. The highest BCUT2D eigenvalue weighted by Gasteiger charge is 1.72. The second-order valence-corrected chi connectivity index (χ2v) is 2.33. The Morgan fingerprint density at radius 1 is 1.15 bits per heavy atom. The fourth-order valence-electron chi connectivity index (χ4n) is 0.710. The first-order valence-corrected chi connectivity index (χ1v) is 3.73. The van der Waals surface area contributed by atoms with Crippen molar-refractivity contribution >= 4 is 8.41 Å². The van der Waals surface area contributed by atoms with Crippen LogP contribution in [0.1, 0.15) is 5.56 Å². The van der Waals surface area contributed by atoms with Crippen LogP contribution in [-0.4, -0.2) is 13.4 Å². The van der Waals surface area contributed by atoms with E-state index < -0.39 is 0 Å². The van der Waals surface area contributed by atoms with E-state index in [9.17, 15) is 0 Å². The minimum Gasteiger partial charge on any atom is -0.452 e. The number of hydrogen-bond donors (Lipinski definition) is 0. The molecule has 1 heterocycles. The zero-order chi connectivity index (χ0) is 8.65. The van der Waals surface area contributed by atoms with Crippen molar-refractivity contribution in [2.45, 2.75) is 6.92 Å². The molecule has 3 heteroatoms. The first kappa shape index (κ1) is 11.5. The molecule has 0 unspecified atom stereocenters. The van der Waals surface area contributed by atoms with Gasteiger partial charge in [0.2, 0.25) is 0 Å². The lowest BCUT2D eigenvalue weighted by Crippen LogP contribution is -1.62. The summed E-state index contributed by atoms with van der Waals surface area (Å²) in [7, 11) is 0. The molecule has 0 spiro atoms. The predicted octanol–water partition coefficient (Wildman–Crippen LogP) is 1.49. The molecule has 0 atom stereocenters. The van der Waals surface area contributed by atoms with Crippen LogP contribution < -0.4 is 0 Å². The molecule has 13 heavy (non-hydrogen) atoms. The second-order valence-electron chi connectivity index (χ2n) is 2.33. The maximum absolute atomic E-state index is 4.47. The molecule has 2 aromatic rings. The molecule has 0 aliphatic carbocycles. The minimum absolute atomic E-state index is 0. The van der Waals surface area contributed by atoms with Crippen molar-refractivity contribution in [2.75, 3.05) is 0 Å². The summed E-state index contributed by atoms with van der Waals surface area (Å²) < 4.78 is 4.47. The Morgan fingerprint density at radius 2 is 1.85 bits per heavy atom. The van der Waals surface area contributed by atoms with E-state index in [-0.39, 0.29) is 8.41 Å². The number of benzene rings is 1. The molecule has 1 aromatic carbocycles. The molecule has 68 valence electrons. The van der Waals surface area contributed by atoms with Crippen LogP contribution in [-0.2, 0) is 0 Å². The highest BCUT2D eigenvalue weighted by atomic mass is 16.3. The Hall–Kier alpha value is -1.51. The van der Waals surface area contributed by atoms with Gasteiger partial charge < -0.3 is 4.42 Å². The molecule has 0 N–H and O–H groups in total. The lowest BCUT2D eigenvalue weighted by atomic mass is 10.2. The molecule has 1 aromatic heterocycles. The van der Waals surface area contributed by atoms with Crippen LogP contribution in [0.25, 0.3) is 0 Å². The topological polar surface area (TPSA) is 26.0 Å². The van der Waals surface area contributed by atoms with Crippen LogP contribution in [0.3, 0.4) is 0 Å². The summed E-state index contributed by atoms with van der Waals surface area (Å²) in [5, 5.41) is 0. The summed E-state index contributed by atoms with van der Waals surface area (Å²) >= 11 is 0. The van der Waals surface area contributed by atoms with Gasteiger partial charge >= 0.3 is 0 Å². The lowest BCUT2D eigenvalue weighted by Gasteiger charge is -1.82. The molecule has 0 aliphatic rings. The van der Waals surface area contributed by atoms with Gasteiger partial charge in [-0.2, -0.15) is 0 Å². The van der Waals surface area contributed by atoms with Crippen molar-refractivity contribution in [3.63, 3.8) is 0 Å². The van der Waals surface area contributed by atoms with E-state index in [0.29, 0.717) is 0 Å². The molecule has 2 rings (SSSR count). The van der Waals surface area contributed by atoms with Gasteiger partial charge in [0.15, 0.2) is 6.39 Å². The van der Waals surface area contributed by atoms with E-state index in [0.717, 1.165) is 0 Å². The third-order valence-corrected chi connectivity index (χ3v) is 1.29. The van der Waals surface area contributed by atoms with Gasteiger partial charge in [0.05, 0.1) is 14.6 Å². The molecular weight excluding hydrogens is 161 g/mol. The van der Waals surface area contributed by atoms with Crippen molar-refractivity contribution in [1.82, 2.24) is 4.98 Å². The highest BCUT2D eigenvalue weighted by molar-refractivity contribution is 5.75. The van der Waals surface area contributed by atoms with Gasteiger partial charge in [-0.05, 0) is 6.92 Å². The second kappa shape index (κ2) is 7.16. The number of oxazole rings is 1. The average molecular weight is 175 g/mol. The van der Waals surface area contributed by atoms with Crippen LogP contribution >= 0.6 is 0 Å². The SMILES string of the molecule is B.Cc1ccccc1.c1cocn1. The molecule has 0 radical (unpaired) electrons. The first-order chi connectivity index (χ1) is 5.89. The number of rotatable bonds is 0. The summed E-state index contributed by atoms with van der Waals surface area (Å²) in [5.74, 6) is 0. The van der Waals surface area contributed by atoms with Gasteiger partial charge in [-0.25, -0.2) is 4.98 Å². The number of aryl methyl sites for hydroxylation is 1. The molecule has 0 saturated heterocycles. The maximum Gasteiger partial charge on any atom is 0.180 e. The van der Waals surface area contributed by atoms with Crippen molar-refractivity contribution in [3.05, 3.63) is 54.7 Å². The molecule has 0 bridgehead atoms. The number of aromatic nitrogens is 1. The van der Waals surface area contributed by atoms with E-state index in [2.05, 4.69) is 28.5 Å². The molecule has 0 aliphatic heterocycles. The highest BCUT2D eigenvalue weighted by Crippen LogP contribution is 1.92. The monoisotopic (exact) mass is 175 g/mol. The van der Waals surface area contributed by atoms with E-state index in [1.165, 1.54) is 18.2 Å². The van der Waals surface area contributed by atoms with Crippen LogP contribution in [0.15, 0.2) is 53.6 Å². The Labute approximate surface area is 80.2 Å². The van der Waals surface area contributed by atoms with Crippen molar-refractivity contribution in [2.24, 2.45) is 0 Å². The van der Waals surface area contributed by atoms with Crippen LogP contribution in [0.4, 0.5) is 0 Å². The predicted molar refractivity (Wildman–Crippen MR) is 57.6 cm³/mol. The zero-order valence-corrected chi connectivity index (χ0v) is 6.97. The number of hydrogen-bond acceptors (Lipinski definition) is 2. The van der Waals surface area contributed by atoms with Gasteiger partial charge in [-0.1, -0.05) is 35.9 Å². The van der Waals surface area contributed by atoms with Crippen molar-refractivity contribution < 1.29 is 4.42 Å². The summed E-state index contributed by atoms with van der Waals surface area (Å²) in [5.41, 5.74) is 1.32. The fraction of sp³-hybridized carbons (Fsp3) is 0.100. The van der Waals surface area contributed by atoms with Crippen LogP contribution in [0.5, 0.6) is 0 Å². The Bertz CT molecular complexity index is 264. The summed E-state index contributed by atoms with van der Waals surface area (Å²) in [6, 6.07) is 10.3. The van der Waals surface area contributed by atoms with Gasteiger partial charge in [0.1, 0.15) is 6.26 Å². The molecule has 2 nitrogen and oxygen atoms in total. The molecule has 0 amide bonds. The molecule has 0 saturated carbocycles. The normalized spacial score (nSPS) is 7.77. The quantitative estimate of drug-likeness (QED) is 0.567. The Kier molecular flexibility index (Phi) is 6.33. The third-order valence-electron chi connectivity index (χ3n) is 1.29. The summed E-state index contributed by atoms with van der Waals surface area (Å²) in [4.78, 5) is 3.56. The van der Waals surface area contributed by atoms with Crippen LogP contribution in [0.2, 0.25) is 0 Å². The Morgan fingerprint density at radius 3 is 2.08 bits per heavy atom. The third kappa shape index (κ3) is 5.73. The zero-order valence-electron chi connectivity index (χ0n) is 6.97. The molecule has 0 fully saturated rings. The van der Waals surface area contributed by atoms with Crippen LogP contribution in [0, 0.1) is 6.92 Å². The number of nitrogens with zero attached hydrogens (tertiary/aromatic N) is 1. The van der Waals surface area contributed by atoms with E-state index in [1.54, 1.807) is 6.20 Å². The van der Waals surface area contributed by atoms with Crippen molar-refractivity contribution in [3.8, 4) is 0 Å².